The van der Waals surface area contributed by atoms with Gasteiger partial charge in [0.25, 0.3) is 0 Å². The number of guanidine groups is 1. The molecule has 0 amide bonds. The average molecular weight is 483 g/mol. The van der Waals surface area contributed by atoms with Gasteiger partial charge >= 0.3 is 0 Å². The van der Waals surface area contributed by atoms with Gasteiger partial charge < -0.3 is 20.5 Å². The number of aliphatic imine (C=N–C) groups is 1. The Labute approximate surface area is 176 Å². The number of nitrogens with one attached hydrogen (secondary N) is 1. The second kappa shape index (κ2) is 13.9. The van der Waals surface area contributed by atoms with E-state index in [4.69, 9.17) is 15.2 Å². The fourth-order valence-corrected chi connectivity index (χ4v) is 3.43. The number of halogens is 1. The monoisotopic (exact) mass is 483 g/mol. The van der Waals surface area contributed by atoms with E-state index in [0.717, 1.165) is 85.1 Å². The molecule has 0 aromatic rings. The van der Waals surface area contributed by atoms with Gasteiger partial charge in [0.2, 0.25) is 0 Å². The van der Waals surface area contributed by atoms with Crippen LogP contribution in [-0.4, -0.2) is 94.0 Å². The first-order chi connectivity index (χ1) is 12.1. The van der Waals surface area contributed by atoms with E-state index in [-0.39, 0.29) is 24.0 Å². The lowest BCUT2D eigenvalue weighted by Crippen LogP contribution is -2.46. The van der Waals surface area contributed by atoms with E-state index in [0.29, 0.717) is 17.9 Å². The molecule has 0 aliphatic carbocycles. The van der Waals surface area contributed by atoms with Gasteiger partial charge in [-0.25, -0.2) is 0 Å². The van der Waals surface area contributed by atoms with Crippen LogP contribution in [0.15, 0.2) is 4.99 Å². The van der Waals surface area contributed by atoms with E-state index < -0.39 is 0 Å². The zero-order valence-corrected chi connectivity index (χ0v) is 18.8. The Morgan fingerprint density at radius 3 is 2.31 bits per heavy atom. The molecular formula is C18H38IN5O2. The molecule has 2 rings (SSSR count). The molecule has 2 heterocycles. The lowest BCUT2D eigenvalue weighted by Gasteiger charge is -2.34. The number of ether oxygens (including phenoxy) is 2. The highest BCUT2D eigenvalue weighted by atomic mass is 127. The first-order valence-corrected chi connectivity index (χ1v) is 9.81. The second-order valence-electron chi connectivity index (χ2n) is 7.39. The maximum Gasteiger partial charge on any atom is 0.188 e. The standard InChI is InChI=1S/C18H37N5O2.HI/c1-16(2)14-17(23-8-12-25-13-9-23)15-21-18(19)20-4-3-5-22-6-10-24-11-7-22;/h16-17H,3-15H2,1-2H3,(H3,19,20,21);1H. The van der Waals surface area contributed by atoms with Gasteiger partial charge in [0.05, 0.1) is 33.0 Å². The van der Waals surface area contributed by atoms with E-state index in [1.54, 1.807) is 0 Å². The summed E-state index contributed by atoms with van der Waals surface area (Å²) < 4.78 is 10.8. The Balaban J connectivity index is 0.00000338. The lowest BCUT2D eigenvalue weighted by molar-refractivity contribution is 0.0143. The smallest absolute Gasteiger partial charge is 0.188 e. The molecule has 154 valence electrons. The van der Waals surface area contributed by atoms with Crippen LogP contribution in [0.1, 0.15) is 26.7 Å². The molecule has 2 saturated heterocycles. The molecule has 2 aliphatic heterocycles. The summed E-state index contributed by atoms with van der Waals surface area (Å²) in [6, 6.07) is 0.456. The summed E-state index contributed by atoms with van der Waals surface area (Å²) in [4.78, 5) is 9.54. The number of nitrogens with zero attached hydrogens (tertiary/aromatic N) is 3. The molecule has 7 nitrogen and oxygen atoms in total. The molecule has 0 radical (unpaired) electrons. The van der Waals surface area contributed by atoms with Crippen LogP contribution in [0.2, 0.25) is 0 Å². The summed E-state index contributed by atoms with van der Waals surface area (Å²) in [6.07, 6.45) is 2.23. The van der Waals surface area contributed by atoms with Crippen LogP contribution in [0, 0.1) is 5.92 Å². The summed E-state index contributed by atoms with van der Waals surface area (Å²) >= 11 is 0. The van der Waals surface area contributed by atoms with Crippen LogP contribution >= 0.6 is 24.0 Å². The molecule has 0 saturated carbocycles. The number of hydrogen-bond donors (Lipinski definition) is 2. The Hall–Kier alpha value is -0.160. The average Bonchev–Trinajstić information content (AvgIpc) is 2.63. The van der Waals surface area contributed by atoms with Gasteiger partial charge in [-0.05, 0) is 25.3 Å². The van der Waals surface area contributed by atoms with Gasteiger partial charge in [-0.15, -0.1) is 24.0 Å². The Morgan fingerprint density at radius 2 is 1.69 bits per heavy atom. The largest absolute Gasteiger partial charge is 0.379 e. The molecule has 3 N–H and O–H groups in total. The molecule has 26 heavy (non-hydrogen) atoms. The highest BCUT2D eigenvalue weighted by molar-refractivity contribution is 14.0. The van der Waals surface area contributed by atoms with E-state index in [9.17, 15) is 0 Å². The molecule has 0 spiro atoms. The lowest BCUT2D eigenvalue weighted by atomic mass is 10.0. The zero-order chi connectivity index (χ0) is 17.9. The topological polar surface area (TPSA) is 75.3 Å². The molecule has 1 atom stereocenters. The van der Waals surface area contributed by atoms with Crippen molar-refractivity contribution in [1.29, 1.82) is 0 Å². The molecule has 2 fully saturated rings. The van der Waals surface area contributed by atoms with Crippen molar-refractivity contribution in [2.24, 2.45) is 16.6 Å². The predicted molar refractivity (Wildman–Crippen MR) is 117 cm³/mol. The Kier molecular flexibility index (Phi) is 12.8. The third-order valence-corrected chi connectivity index (χ3v) is 4.84. The van der Waals surface area contributed by atoms with Crippen molar-refractivity contribution in [2.75, 3.05) is 72.2 Å². The van der Waals surface area contributed by atoms with Crippen molar-refractivity contribution in [3.05, 3.63) is 0 Å². The van der Waals surface area contributed by atoms with Crippen LogP contribution in [0.3, 0.4) is 0 Å². The highest BCUT2D eigenvalue weighted by Crippen LogP contribution is 2.14. The summed E-state index contributed by atoms with van der Waals surface area (Å²) in [7, 11) is 0. The van der Waals surface area contributed by atoms with Crippen LogP contribution in [0.25, 0.3) is 0 Å². The van der Waals surface area contributed by atoms with Crippen molar-refractivity contribution < 1.29 is 9.47 Å². The molecule has 1 unspecified atom stereocenters. The van der Waals surface area contributed by atoms with Crippen LogP contribution < -0.4 is 11.1 Å². The summed E-state index contributed by atoms with van der Waals surface area (Å²) in [5, 5.41) is 3.26. The van der Waals surface area contributed by atoms with Gasteiger partial charge in [0.1, 0.15) is 0 Å². The summed E-state index contributed by atoms with van der Waals surface area (Å²) in [5.74, 6) is 1.23. The van der Waals surface area contributed by atoms with Gasteiger partial charge in [-0.3, -0.25) is 14.8 Å². The number of hydrogen-bond acceptors (Lipinski definition) is 5. The minimum atomic E-state index is 0. The van der Waals surface area contributed by atoms with Crippen molar-refractivity contribution in [3.63, 3.8) is 0 Å². The number of morpholine rings is 2. The SMILES string of the molecule is CC(C)CC(CN=C(N)NCCCN1CCOCC1)N1CCOCC1.I. The van der Waals surface area contributed by atoms with E-state index in [1.165, 1.54) is 0 Å². The maximum atomic E-state index is 6.06. The minimum Gasteiger partial charge on any atom is -0.379 e. The molecule has 8 heteroatoms. The van der Waals surface area contributed by atoms with E-state index in [2.05, 4.69) is 34.0 Å². The minimum absolute atomic E-state index is 0. The van der Waals surface area contributed by atoms with Gasteiger partial charge in [0.15, 0.2) is 5.96 Å². The van der Waals surface area contributed by atoms with Crippen molar-refractivity contribution in [1.82, 2.24) is 15.1 Å². The molecule has 0 aromatic carbocycles. The number of nitrogens with two attached hydrogens (primary N) is 1. The highest BCUT2D eigenvalue weighted by Gasteiger charge is 2.21. The second-order valence-corrected chi connectivity index (χ2v) is 7.39. The molecule has 2 aliphatic rings. The third kappa shape index (κ3) is 9.68. The van der Waals surface area contributed by atoms with Crippen LogP contribution in [0.5, 0.6) is 0 Å². The molecule has 0 aromatic heterocycles. The Morgan fingerprint density at radius 1 is 1.08 bits per heavy atom. The quantitative estimate of drug-likeness (QED) is 0.221. The normalized spacial score (nSPS) is 21.4. The fraction of sp³-hybridized carbons (Fsp3) is 0.944. The maximum absolute atomic E-state index is 6.06. The number of rotatable bonds is 9. The van der Waals surface area contributed by atoms with Gasteiger partial charge in [-0.1, -0.05) is 13.8 Å². The van der Waals surface area contributed by atoms with Gasteiger partial charge in [0, 0.05) is 38.8 Å². The first kappa shape index (κ1) is 23.9. The zero-order valence-electron chi connectivity index (χ0n) is 16.5. The first-order valence-electron chi connectivity index (χ1n) is 9.81. The van der Waals surface area contributed by atoms with Crippen molar-refractivity contribution in [2.45, 2.75) is 32.7 Å². The van der Waals surface area contributed by atoms with Crippen LogP contribution in [0.4, 0.5) is 0 Å². The predicted octanol–water partition coefficient (Wildman–Crippen LogP) is 0.978. The summed E-state index contributed by atoms with van der Waals surface area (Å²) in [5.41, 5.74) is 6.06. The van der Waals surface area contributed by atoms with E-state index in [1.807, 2.05) is 0 Å². The molecule has 0 bridgehead atoms. The van der Waals surface area contributed by atoms with Crippen molar-refractivity contribution >= 4 is 29.9 Å². The molecular weight excluding hydrogens is 445 g/mol. The third-order valence-electron chi connectivity index (χ3n) is 4.84. The fourth-order valence-electron chi connectivity index (χ4n) is 3.43. The Bertz CT molecular complexity index is 386. The van der Waals surface area contributed by atoms with Crippen LogP contribution in [-0.2, 0) is 9.47 Å². The van der Waals surface area contributed by atoms with Gasteiger partial charge in [-0.2, -0.15) is 0 Å². The van der Waals surface area contributed by atoms with Crippen molar-refractivity contribution in [3.8, 4) is 0 Å². The summed E-state index contributed by atoms with van der Waals surface area (Å²) in [6.45, 7) is 14.7. The van der Waals surface area contributed by atoms with E-state index >= 15 is 0 Å².